The summed E-state index contributed by atoms with van der Waals surface area (Å²) in [4.78, 5) is 13.3. The van der Waals surface area contributed by atoms with E-state index >= 15 is 0 Å². The van der Waals surface area contributed by atoms with Gasteiger partial charge in [-0.25, -0.2) is 18.0 Å². The molecule has 1 saturated heterocycles. The second kappa shape index (κ2) is 9.97. The van der Waals surface area contributed by atoms with Crippen molar-refractivity contribution in [2.24, 2.45) is 0 Å². The van der Waals surface area contributed by atoms with Crippen molar-refractivity contribution in [1.29, 1.82) is 0 Å². The number of morpholine rings is 1. The summed E-state index contributed by atoms with van der Waals surface area (Å²) >= 11 is 5.52. The van der Waals surface area contributed by atoms with E-state index in [1.54, 1.807) is 0 Å². The summed E-state index contributed by atoms with van der Waals surface area (Å²) in [5.41, 5.74) is 0.128. The number of ether oxygens (including phenoxy) is 2. The van der Waals surface area contributed by atoms with Gasteiger partial charge in [-0.1, -0.05) is 17.7 Å². The van der Waals surface area contributed by atoms with Crippen LogP contribution in [0.5, 0.6) is 0 Å². The average Bonchev–Trinajstić information content (AvgIpc) is 2.72. The fraction of sp³-hybridized carbons (Fsp3) is 0.350. The molecule has 0 spiro atoms. The summed E-state index contributed by atoms with van der Waals surface area (Å²) in [6.07, 6.45) is -9.61. The number of carbonyl (C=O) groups excluding carboxylic acids is 1. The lowest BCUT2D eigenvalue weighted by Crippen LogP contribution is -2.48. The van der Waals surface area contributed by atoms with Crippen molar-refractivity contribution in [3.8, 4) is 0 Å². The van der Waals surface area contributed by atoms with Gasteiger partial charge in [0.05, 0.1) is 17.7 Å². The van der Waals surface area contributed by atoms with Gasteiger partial charge in [-0.05, 0) is 35.9 Å². The van der Waals surface area contributed by atoms with E-state index in [-0.39, 0.29) is 36.0 Å². The minimum absolute atomic E-state index is 0.0322. The number of amides is 1. The number of rotatable bonds is 5. The van der Waals surface area contributed by atoms with Gasteiger partial charge in [0.1, 0.15) is 5.82 Å². The van der Waals surface area contributed by atoms with E-state index in [0.717, 1.165) is 24.3 Å². The number of halogens is 7. The fourth-order valence-electron chi connectivity index (χ4n) is 3.08. The molecule has 1 fully saturated rings. The molecule has 0 aromatic heterocycles. The Morgan fingerprint density at radius 3 is 2.56 bits per heavy atom. The second-order valence-corrected chi connectivity index (χ2v) is 7.39. The van der Waals surface area contributed by atoms with Gasteiger partial charge in [0.15, 0.2) is 11.6 Å². The lowest BCUT2D eigenvalue weighted by Gasteiger charge is -2.35. The Morgan fingerprint density at radius 1 is 1.16 bits per heavy atom. The number of hydrogen-bond donors (Lipinski definition) is 1. The van der Waals surface area contributed by atoms with Crippen LogP contribution < -0.4 is 5.32 Å². The van der Waals surface area contributed by atoms with E-state index < -0.39 is 48.5 Å². The van der Waals surface area contributed by atoms with Crippen molar-refractivity contribution in [3.05, 3.63) is 64.4 Å². The van der Waals surface area contributed by atoms with Gasteiger partial charge in [-0.2, -0.15) is 13.2 Å². The Bertz CT molecular complexity index is 975. The summed E-state index contributed by atoms with van der Waals surface area (Å²) in [6, 6.07) is 6.26. The average molecular weight is 483 g/mol. The minimum Gasteiger partial charge on any atom is -0.435 e. The maximum atomic E-state index is 13.5. The van der Waals surface area contributed by atoms with Crippen LogP contribution in [-0.4, -0.2) is 49.5 Å². The molecule has 12 heteroatoms. The van der Waals surface area contributed by atoms with Gasteiger partial charge < -0.3 is 9.47 Å². The van der Waals surface area contributed by atoms with Crippen molar-refractivity contribution in [3.63, 3.8) is 0 Å². The summed E-state index contributed by atoms with van der Waals surface area (Å²) < 4.78 is 90.5. The molecule has 0 radical (unpaired) electrons. The van der Waals surface area contributed by atoms with Gasteiger partial charge in [-0.15, -0.1) is 0 Å². The third-order valence-corrected chi connectivity index (χ3v) is 4.98. The normalized spacial score (nSPS) is 18.3. The molecule has 174 valence electrons. The molecule has 1 aliphatic rings. The molecule has 2 atom stereocenters. The van der Waals surface area contributed by atoms with Crippen LogP contribution in [0.2, 0.25) is 5.02 Å². The van der Waals surface area contributed by atoms with E-state index in [0.29, 0.717) is 0 Å². The number of anilines is 1. The molecule has 1 N–H and O–H groups in total. The number of alkyl halides is 3. The molecular formula is C20H17ClF6N2O3. The van der Waals surface area contributed by atoms with Crippen LogP contribution in [0.1, 0.15) is 11.7 Å². The summed E-state index contributed by atoms with van der Waals surface area (Å²) in [5.74, 6) is -3.03. The first-order valence-electron chi connectivity index (χ1n) is 9.31. The van der Waals surface area contributed by atoms with E-state index in [4.69, 9.17) is 16.3 Å². The molecular weight excluding hydrogens is 466 g/mol. The maximum absolute atomic E-state index is 13.5. The van der Waals surface area contributed by atoms with Crippen LogP contribution in [0.4, 0.5) is 36.8 Å². The van der Waals surface area contributed by atoms with E-state index in [9.17, 15) is 31.1 Å². The molecule has 0 bridgehead atoms. The van der Waals surface area contributed by atoms with Gasteiger partial charge >= 0.3 is 12.3 Å². The first-order chi connectivity index (χ1) is 15.0. The molecule has 1 heterocycles. The minimum atomic E-state index is -4.89. The van der Waals surface area contributed by atoms with Crippen molar-refractivity contribution in [2.45, 2.75) is 18.4 Å². The van der Waals surface area contributed by atoms with Crippen molar-refractivity contribution < 1.29 is 40.6 Å². The number of hydrogen-bond acceptors (Lipinski definition) is 4. The molecule has 2 unspecified atom stereocenters. The van der Waals surface area contributed by atoms with Crippen LogP contribution in [0.3, 0.4) is 0 Å². The van der Waals surface area contributed by atoms with Gasteiger partial charge in [0.25, 0.3) is 0 Å². The number of benzene rings is 2. The van der Waals surface area contributed by atoms with Crippen LogP contribution in [0, 0.1) is 17.5 Å². The largest absolute Gasteiger partial charge is 0.435 e. The molecule has 5 nitrogen and oxygen atoms in total. The highest BCUT2D eigenvalue weighted by Gasteiger charge is 2.44. The van der Waals surface area contributed by atoms with E-state index in [1.165, 1.54) is 17.0 Å². The molecule has 2 aromatic rings. The van der Waals surface area contributed by atoms with Crippen LogP contribution in [0.15, 0.2) is 36.4 Å². The van der Waals surface area contributed by atoms with Crippen LogP contribution in [0.25, 0.3) is 0 Å². The Balaban J connectivity index is 1.65. The molecule has 0 saturated carbocycles. The lowest BCUT2D eigenvalue weighted by molar-refractivity contribution is -0.209. The predicted octanol–water partition coefficient (Wildman–Crippen LogP) is 5.31. The summed E-state index contributed by atoms with van der Waals surface area (Å²) in [5, 5.41) is 1.79. The number of nitrogens with one attached hydrogen (secondary N) is 1. The Hall–Kier alpha value is -2.50. The Labute approximate surface area is 183 Å². The molecule has 32 heavy (non-hydrogen) atoms. The summed E-state index contributed by atoms with van der Waals surface area (Å²) in [7, 11) is 0. The van der Waals surface area contributed by atoms with Crippen molar-refractivity contribution in [1.82, 2.24) is 4.90 Å². The first-order valence-corrected chi connectivity index (χ1v) is 9.69. The quantitative estimate of drug-likeness (QED) is 0.587. The highest BCUT2D eigenvalue weighted by atomic mass is 35.5. The topological polar surface area (TPSA) is 50.8 Å². The molecule has 1 aliphatic heterocycles. The second-order valence-electron chi connectivity index (χ2n) is 6.98. The van der Waals surface area contributed by atoms with Gasteiger partial charge in [0, 0.05) is 25.3 Å². The molecule has 2 aromatic carbocycles. The third kappa shape index (κ3) is 6.27. The van der Waals surface area contributed by atoms with Crippen LogP contribution >= 0.6 is 11.6 Å². The molecule has 0 aliphatic carbocycles. The monoisotopic (exact) mass is 482 g/mol. The lowest BCUT2D eigenvalue weighted by atomic mass is 10.1. The van der Waals surface area contributed by atoms with Crippen molar-refractivity contribution in [2.75, 3.05) is 31.6 Å². The highest BCUT2D eigenvalue weighted by molar-refractivity contribution is 6.30. The zero-order valence-electron chi connectivity index (χ0n) is 16.3. The predicted molar refractivity (Wildman–Crippen MR) is 103 cm³/mol. The summed E-state index contributed by atoms with van der Waals surface area (Å²) in [6.45, 7) is -0.648. The fourth-order valence-corrected chi connectivity index (χ4v) is 3.19. The third-order valence-electron chi connectivity index (χ3n) is 4.67. The zero-order chi connectivity index (χ0) is 23.5. The number of carbonyl (C=O) groups is 1. The highest BCUT2D eigenvalue weighted by Crippen LogP contribution is 2.28. The van der Waals surface area contributed by atoms with Gasteiger partial charge in [0.2, 0.25) is 6.10 Å². The Morgan fingerprint density at radius 2 is 1.91 bits per heavy atom. The maximum Gasteiger partial charge on any atom is 0.426 e. The SMILES string of the molecule is O=C(Nc1ccc(Cl)c(F)c1)OC(CN1CCOC(c2ccc(F)c(F)c2)C1)C(F)(F)F. The van der Waals surface area contributed by atoms with E-state index in [2.05, 4.69) is 4.74 Å². The van der Waals surface area contributed by atoms with Crippen LogP contribution in [-0.2, 0) is 9.47 Å². The van der Waals surface area contributed by atoms with E-state index in [1.807, 2.05) is 5.32 Å². The molecule has 1 amide bonds. The smallest absolute Gasteiger partial charge is 0.426 e. The standard InChI is InChI=1S/C20H17ClF6N2O3/c21-13-3-2-12(8-15(13)23)28-19(30)32-18(20(25,26)27)10-29-5-6-31-17(9-29)11-1-4-14(22)16(24)7-11/h1-4,7-8,17-18H,5-6,9-10H2,(H,28,30). The molecule has 3 rings (SSSR count). The number of nitrogens with zero attached hydrogens (tertiary/aromatic N) is 1. The van der Waals surface area contributed by atoms with Crippen molar-refractivity contribution >= 4 is 23.4 Å². The van der Waals surface area contributed by atoms with Gasteiger partial charge in [-0.3, -0.25) is 10.2 Å². The zero-order valence-corrected chi connectivity index (χ0v) is 17.0. The Kier molecular flexibility index (Phi) is 7.52. The first kappa shape index (κ1) is 24.1.